The molecule has 1 aliphatic rings. The topological polar surface area (TPSA) is 96.7 Å². The van der Waals surface area contributed by atoms with E-state index in [4.69, 9.17) is 0 Å². The summed E-state index contributed by atoms with van der Waals surface area (Å²) in [6.07, 6.45) is 4.18. The van der Waals surface area contributed by atoms with E-state index >= 15 is 0 Å². The molecule has 2 aromatic heterocycles. The third-order valence-electron chi connectivity index (χ3n) is 3.74. The number of fused-ring (bicyclic) bond motifs is 1. The van der Waals surface area contributed by atoms with Crippen molar-refractivity contribution in [3.05, 3.63) is 30.2 Å². The number of amides is 1. The van der Waals surface area contributed by atoms with Gasteiger partial charge < -0.3 is 5.32 Å². The summed E-state index contributed by atoms with van der Waals surface area (Å²) in [5.41, 5.74) is 0.699. The highest BCUT2D eigenvalue weighted by Gasteiger charge is 2.36. The van der Waals surface area contributed by atoms with Gasteiger partial charge >= 0.3 is 0 Å². The van der Waals surface area contributed by atoms with Gasteiger partial charge in [-0.1, -0.05) is 6.07 Å². The van der Waals surface area contributed by atoms with Crippen LogP contribution in [0.15, 0.2) is 24.4 Å². The zero-order chi connectivity index (χ0) is 15.7. The van der Waals surface area contributed by atoms with Gasteiger partial charge in [0.2, 0.25) is 15.9 Å². The fraction of sp³-hybridized carbons (Fsp3) is 0.462. The molecule has 0 aliphatic carbocycles. The molecule has 9 heteroatoms. The molecule has 0 radical (unpaired) electrons. The molecule has 3 rings (SSSR count). The summed E-state index contributed by atoms with van der Waals surface area (Å²) >= 11 is 0. The second-order valence-corrected chi connectivity index (χ2v) is 7.23. The summed E-state index contributed by atoms with van der Waals surface area (Å²) < 4.78 is 26.4. The Labute approximate surface area is 128 Å². The molecule has 0 unspecified atom stereocenters. The highest BCUT2D eigenvalue weighted by molar-refractivity contribution is 7.88. The maximum absolute atomic E-state index is 12.3. The third-order valence-corrected chi connectivity index (χ3v) is 5.03. The van der Waals surface area contributed by atoms with E-state index in [0.29, 0.717) is 30.9 Å². The first-order valence-corrected chi connectivity index (χ1v) is 8.85. The van der Waals surface area contributed by atoms with Crippen molar-refractivity contribution in [1.29, 1.82) is 0 Å². The molecule has 1 saturated heterocycles. The lowest BCUT2D eigenvalue weighted by molar-refractivity contribution is -0.124. The number of pyridine rings is 1. The zero-order valence-corrected chi connectivity index (χ0v) is 13.0. The Hall–Kier alpha value is -2.00. The maximum atomic E-state index is 12.3. The fourth-order valence-electron chi connectivity index (χ4n) is 2.69. The van der Waals surface area contributed by atoms with E-state index in [0.717, 1.165) is 6.26 Å². The molecule has 1 aliphatic heterocycles. The van der Waals surface area contributed by atoms with E-state index in [1.54, 1.807) is 4.40 Å². The number of hydrogen-bond acceptors (Lipinski definition) is 5. The minimum atomic E-state index is -3.36. The molecule has 0 bridgehead atoms. The molecule has 2 aromatic rings. The average molecular weight is 323 g/mol. The molecule has 0 spiro atoms. The number of hydrogen-bond donors (Lipinski definition) is 1. The molecule has 1 atom stereocenters. The van der Waals surface area contributed by atoms with Crippen LogP contribution in [-0.2, 0) is 21.4 Å². The van der Waals surface area contributed by atoms with Crippen LogP contribution in [0.25, 0.3) is 5.65 Å². The van der Waals surface area contributed by atoms with Gasteiger partial charge in [-0.25, -0.2) is 8.42 Å². The van der Waals surface area contributed by atoms with E-state index in [-0.39, 0.29) is 12.5 Å². The molecular weight excluding hydrogens is 306 g/mol. The van der Waals surface area contributed by atoms with Crippen LogP contribution in [0.5, 0.6) is 0 Å². The van der Waals surface area contributed by atoms with Gasteiger partial charge in [-0.05, 0) is 25.0 Å². The summed E-state index contributed by atoms with van der Waals surface area (Å²) in [6.45, 7) is 0.600. The smallest absolute Gasteiger partial charge is 0.238 e. The van der Waals surface area contributed by atoms with Crippen molar-refractivity contribution in [2.45, 2.75) is 25.4 Å². The second kappa shape index (κ2) is 5.65. The Balaban J connectivity index is 1.70. The summed E-state index contributed by atoms with van der Waals surface area (Å²) in [7, 11) is -3.36. The molecule has 118 valence electrons. The predicted molar refractivity (Wildman–Crippen MR) is 79.4 cm³/mol. The van der Waals surface area contributed by atoms with Crippen LogP contribution in [0.2, 0.25) is 0 Å². The monoisotopic (exact) mass is 323 g/mol. The molecule has 22 heavy (non-hydrogen) atoms. The quantitative estimate of drug-likeness (QED) is 0.838. The van der Waals surface area contributed by atoms with E-state index < -0.39 is 16.1 Å². The van der Waals surface area contributed by atoms with Gasteiger partial charge in [0.25, 0.3) is 0 Å². The van der Waals surface area contributed by atoms with Crippen LogP contribution in [0.3, 0.4) is 0 Å². The number of nitrogens with zero attached hydrogens (tertiary/aromatic N) is 4. The zero-order valence-electron chi connectivity index (χ0n) is 12.1. The number of aromatic nitrogens is 3. The lowest BCUT2D eigenvalue weighted by Gasteiger charge is -2.21. The fourth-order valence-corrected chi connectivity index (χ4v) is 3.82. The van der Waals surface area contributed by atoms with Crippen molar-refractivity contribution < 1.29 is 13.2 Å². The standard InChI is InChI=1S/C13H17N5O3S/c1-22(20,21)18-8-4-5-10(18)13(19)14-9-12-16-15-11-6-2-3-7-17(11)12/h2-3,6-7,10H,4-5,8-9H2,1H3,(H,14,19)/t10-/m1/s1. The number of nitrogens with one attached hydrogen (secondary N) is 1. The van der Waals surface area contributed by atoms with Gasteiger partial charge in [0.15, 0.2) is 11.5 Å². The highest BCUT2D eigenvalue weighted by atomic mass is 32.2. The van der Waals surface area contributed by atoms with Crippen molar-refractivity contribution in [3.8, 4) is 0 Å². The third kappa shape index (κ3) is 2.81. The molecule has 0 aromatic carbocycles. The number of carbonyl (C=O) groups is 1. The minimum absolute atomic E-state index is 0.206. The van der Waals surface area contributed by atoms with Crippen LogP contribution >= 0.6 is 0 Å². The summed E-state index contributed by atoms with van der Waals surface area (Å²) in [5.74, 6) is 0.309. The SMILES string of the molecule is CS(=O)(=O)N1CCC[C@@H]1C(=O)NCc1nnc2ccccn12. The van der Waals surface area contributed by atoms with E-state index in [1.165, 1.54) is 4.31 Å². The molecule has 0 saturated carbocycles. The minimum Gasteiger partial charge on any atom is -0.347 e. The number of carbonyl (C=O) groups excluding carboxylic acids is 1. The maximum Gasteiger partial charge on any atom is 0.238 e. The van der Waals surface area contributed by atoms with Gasteiger partial charge in [0.05, 0.1) is 12.8 Å². The van der Waals surface area contributed by atoms with Crippen LogP contribution in [0.4, 0.5) is 0 Å². The van der Waals surface area contributed by atoms with Crippen LogP contribution < -0.4 is 5.32 Å². The summed E-state index contributed by atoms with van der Waals surface area (Å²) in [5, 5.41) is 10.8. The van der Waals surface area contributed by atoms with Crippen molar-refractivity contribution in [1.82, 2.24) is 24.2 Å². The van der Waals surface area contributed by atoms with Crippen molar-refractivity contribution in [3.63, 3.8) is 0 Å². The molecule has 8 nitrogen and oxygen atoms in total. The summed E-state index contributed by atoms with van der Waals surface area (Å²) in [6, 6.07) is 4.90. The van der Waals surface area contributed by atoms with Crippen LogP contribution in [0, 0.1) is 0 Å². The lowest BCUT2D eigenvalue weighted by atomic mass is 10.2. The van der Waals surface area contributed by atoms with E-state index in [9.17, 15) is 13.2 Å². The summed E-state index contributed by atoms with van der Waals surface area (Å²) in [4.78, 5) is 12.3. The molecule has 1 fully saturated rings. The normalized spacial score (nSPS) is 19.6. The Bertz CT molecular complexity index is 801. The van der Waals surface area contributed by atoms with E-state index in [2.05, 4.69) is 15.5 Å². The lowest BCUT2D eigenvalue weighted by Crippen LogP contribution is -2.45. The molecule has 3 heterocycles. The Morgan fingerprint density at radius 1 is 1.41 bits per heavy atom. The van der Waals surface area contributed by atoms with Crippen molar-refractivity contribution in [2.24, 2.45) is 0 Å². The predicted octanol–water partition coefficient (Wildman–Crippen LogP) is -0.230. The Morgan fingerprint density at radius 3 is 3.00 bits per heavy atom. The first-order valence-electron chi connectivity index (χ1n) is 7.00. The number of sulfonamides is 1. The molecular formula is C13H17N5O3S. The highest BCUT2D eigenvalue weighted by Crippen LogP contribution is 2.20. The van der Waals surface area contributed by atoms with Crippen LogP contribution in [-0.4, -0.2) is 52.1 Å². The average Bonchev–Trinajstić information content (AvgIpc) is 3.11. The van der Waals surface area contributed by atoms with Crippen molar-refractivity contribution >= 4 is 21.6 Å². The van der Waals surface area contributed by atoms with Gasteiger partial charge in [0, 0.05) is 12.7 Å². The Morgan fingerprint density at radius 2 is 2.23 bits per heavy atom. The first kappa shape index (κ1) is 14.9. The number of rotatable bonds is 4. The van der Waals surface area contributed by atoms with Gasteiger partial charge in [0.1, 0.15) is 6.04 Å². The van der Waals surface area contributed by atoms with Crippen LogP contribution in [0.1, 0.15) is 18.7 Å². The molecule has 1 N–H and O–H groups in total. The largest absolute Gasteiger partial charge is 0.347 e. The van der Waals surface area contributed by atoms with Gasteiger partial charge in [-0.2, -0.15) is 4.31 Å². The second-order valence-electron chi connectivity index (χ2n) is 5.29. The van der Waals surface area contributed by atoms with Gasteiger partial charge in [-0.15, -0.1) is 10.2 Å². The van der Waals surface area contributed by atoms with Gasteiger partial charge in [-0.3, -0.25) is 9.20 Å². The molecule has 1 amide bonds. The Kier molecular flexibility index (Phi) is 3.83. The first-order chi connectivity index (χ1) is 10.5. The van der Waals surface area contributed by atoms with Crippen molar-refractivity contribution in [2.75, 3.05) is 12.8 Å². The van der Waals surface area contributed by atoms with E-state index in [1.807, 2.05) is 24.4 Å².